The van der Waals surface area contributed by atoms with Crippen molar-refractivity contribution in [1.29, 1.82) is 0 Å². The van der Waals surface area contributed by atoms with Gasteiger partial charge in [0, 0.05) is 5.38 Å². The molecule has 1 unspecified atom stereocenters. The average Bonchev–Trinajstić information content (AvgIpc) is 1.38. The number of alkyl halides is 1. The molecule has 0 amide bonds. The van der Waals surface area contributed by atoms with E-state index in [4.69, 9.17) is 11.6 Å². The van der Waals surface area contributed by atoms with Crippen LogP contribution in [0.1, 0.15) is 20.3 Å². The van der Waals surface area contributed by atoms with Gasteiger partial charge >= 0.3 is 23.1 Å². The van der Waals surface area contributed by atoms with Crippen molar-refractivity contribution in [3.05, 3.63) is 0 Å². The zero-order valence-corrected chi connectivity index (χ0v) is 4.42. The second-order valence-corrected chi connectivity index (χ2v) is 1.93. The molecule has 0 saturated heterocycles. The molecule has 0 N–H and O–H groups in total. The third kappa shape index (κ3) is 8.91. The molecule has 0 radical (unpaired) electrons. The molecular formula is C4H11ClMg. The predicted octanol–water partition coefficient (Wildman–Crippen LogP) is 1.11. The second-order valence-electron chi connectivity index (χ2n) is 1.19. The minimum Gasteiger partial charge on any atom is -0.123 e. The van der Waals surface area contributed by atoms with Gasteiger partial charge in [-0.1, -0.05) is 6.92 Å². The smallest absolute Gasteiger partial charge is 0.123 e. The van der Waals surface area contributed by atoms with Gasteiger partial charge in [0.15, 0.2) is 0 Å². The Bertz CT molecular complexity index is 21.5. The molecule has 0 aromatic rings. The maximum absolute atomic E-state index is 5.46. The first-order valence-corrected chi connectivity index (χ1v) is 2.35. The van der Waals surface area contributed by atoms with Crippen molar-refractivity contribution >= 4 is 34.7 Å². The van der Waals surface area contributed by atoms with Gasteiger partial charge in [0.25, 0.3) is 0 Å². The lowest BCUT2D eigenvalue weighted by atomic mass is 10.4. The van der Waals surface area contributed by atoms with Gasteiger partial charge in [0.05, 0.1) is 0 Å². The standard InChI is InChI=1S/C4H9Cl.Mg.2H/c1-3-4(2)5;;;/h4H,3H2,1-2H3;;;. The molecule has 0 nitrogen and oxygen atoms in total. The molecule has 2 heteroatoms. The van der Waals surface area contributed by atoms with Crippen molar-refractivity contribution in [3.8, 4) is 0 Å². The van der Waals surface area contributed by atoms with Gasteiger partial charge in [-0.15, -0.1) is 11.6 Å². The first kappa shape index (κ1) is 10.1. The highest BCUT2D eigenvalue weighted by atomic mass is 35.5. The molecule has 36 valence electrons. The monoisotopic (exact) mass is 118 g/mol. The summed E-state index contributed by atoms with van der Waals surface area (Å²) in [5.41, 5.74) is 0. The van der Waals surface area contributed by atoms with Gasteiger partial charge in [-0.2, -0.15) is 0 Å². The zero-order valence-electron chi connectivity index (χ0n) is 3.66. The van der Waals surface area contributed by atoms with E-state index in [1.807, 2.05) is 6.92 Å². The lowest BCUT2D eigenvalue weighted by molar-refractivity contribution is 0.895. The topological polar surface area (TPSA) is 0 Å². The van der Waals surface area contributed by atoms with Crippen molar-refractivity contribution in [3.63, 3.8) is 0 Å². The first-order valence-electron chi connectivity index (χ1n) is 1.91. The molecule has 0 rings (SSSR count). The Balaban J connectivity index is 0. The second kappa shape index (κ2) is 6.06. The van der Waals surface area contributed by atoms with Crippen LogP contribution in [0.4, 0.5) is 0 Å². The van der Waals surface area contributed by atoms with E-state index in [1.165, 1.54) is 0 Å². The lowest BCUT2D eigenvalue weighted by Gasteiger charge is -1.87. The fourth-order valence-corrected chi connectivity index (χ4v) is 0. The minimum absolute atomic E-state index is 0. The Kier molecular flexibility index (Phi) is 10.2. The van der Waals surface area contributed by atoms with E-state index in [1.54, 1.807) is 0 Å². The number of halogens is 1. The van der Waals surface area contributed by atoms with Crippen molar-refractivity contribution < 1.29 is 0 Å². The van der Waals surface area contributed by atoms with Crippen molar-refractivity contribution in [1.82, 2.24) is 0 Å². The largest absolute Gasteiger partial charge is 0.316 e. The Morgan fingerprint density at radius 2 is 1.83 bits per heavy atom. The maximum atomic E-state index is 5.46. The van der Waals surface area contributed by atoms with E-state index < -0.39 is 0 Å². The van der Waals surface area contributed by atoms with Crippen LogP contribution in [-0.4, -0.2) is 28.4 Å². The fraction of sp³-hybridized carbons (Fsp3) is 1.00. The van der Waals surface area contributed by atoms with Crippen LogP contribution in [0.5, 0.6) is 0 Å². The van der Waals surface area contributed by atoms with Crippen LogP contribution in [-0.2, 0) is 0 Å². The molecule has 0 aliphatic heterocycles. The van der Waals surface area contributed by atoms with Crippen LogP contribution in [0.3, 0.4) is 0 Å². The maximum Gasteiger partial charge on any atom is 0.316 e. The highest BCUT2D eigenvalue weighted by molar-refractivity contribution is 6.20. The van der Waals surface area contributed by atoms with Crippen molar-refractivity contribution in [2.75, 3.05) is 0 Å². The third-order valence-corrected chi connectivity index (χ3v) is 0.871. The zero-order chi connectivity index (χ0) is 4.28. The summed E-state index contributed by atoms with van der Waals surface area (Å²) in [6.45, 7) is 4.05. The summed E-state index contributed by atoms with van der Waals surface area (Å²) < 4.78 is 0. The first-order chi connectivity index (χ1) is 2.27. The molecule has 0 aromatic carbocycles. The molecule has 1 atom stereocenters. The molecule has 0 aromatic heterocycles. The quantitative estimate of drug-likeness (QED) is 0.358. The molecule has 0 heterocycles. The highest BCUT2D eigenvalue weighted by Crippen LogP contribution is 1.95. The van der Waals surface area contributed by atoms with E-state index >= 15 is 0 Å². The predicted molar refractivity (Wildman–Crippen MR) is 34.1 cm³/mol. The van der Waals surface area contributed by atoms with Gasteiger partial charge in [-0.25, -0.2) is 0 Å². The summed E-state index contributed by atoms with van der Waals surface area (Å²) in [7, 11) is 0. The van der Waals surface area contributed by atoms with E-state index in [0.717, 1.165) is 6.42 Å². The molecule has 0 saturated carbocycles. The van der Waals surface area contributed by atoms with Gasteiger partial charge in [-0.3, -0.25) is 0 Å². The van der Waals surface area contributed by atoms with E-state index in [-0.39, 0.29) is 23.1 Å². The van der Waals surface area contributed by atoms with Crippen LogP contribution in [0.15, 0.2) is 0 Å². The Hall–Kier alpha value is 1.06. The summed E-state index contributed by atoms with van der Waals surface area (Å²) in [4.78, 5) is 0. The third-order valence-electron chi connectivity index (χ3n) is 0.563. The Morgan fingerprint density at radius 1 is 1.67 bits per heavy atom. The molecule has 0 bridgehead atoms. The molecule has 0 aliphatic carbocycles. The van der Waals surface area contributed by atoms with Crippen LogP contribution in [0, 0.1) is 0 Å². The number of hydrogen-bond donors (Lipinski definition) is 0. The minimum atomic E-state index is 0. The Morgan fingerprint density at radius 3 is 1.83 bits per heavy atom. The number of hydrogen-bond acceptors (Lipinski definition) is 0. The normalized spacial score (nSPS) is 12.5. The van der Waals surface area contributed by atoms with Gasteiger partial charge in [-0.05, 0) is 13.3 Å². The molecule has 0 aliphatic rings. The Labute approximate surface area is 60.4 Å². The summed E-state index contributed by atoms with van der Waals surface area (Å²) >= 11 is 5.46. The lowest BCUT2D eigenvalue weighted by Crippen LogP contribution is -1.81. The molecule has 6 heavy (non-hydrogen) atoms. The van der Waals surface area contributed by atoms with Crippen LogP contribution < -0.4 is 0 Å². The van der Waals surface area contributed by atoms with Crippen molar-refractivity contribution in [2.45, 2.75) is 25.6 Å². The SMILES string of the molecule is CCC(C)Cl.[MgH2]. The van der Waals surface area contributed by atoms with E-state index in [0.29, 0.717) is 5.38 Å². The van der Waals surface area contributed by atoms with E-state index in [9.17, 15) is 0 Å². The van der Waals surface area contributed by atoms with Gasteiger partial charge < -0.3 is 0 Å². The molecule has 0 spiro atoms. The summed E-state index contributed by atoms with van der Waals surface area (Å²) in [5.74, 6) is 0. The highest BCUT2D eigenvalue weighted by Gasteiger charge is 1.83. The average molecular weight is 119 g/mol. The molecule has 0 fully saturated rings. The number of rotatable bonds is 1. The van der Waals surface area contributed by atoms with Gasteiger partial charge in [0.1, 0.15) is 0 Å². The van der Waals surface area contributed by atoms with Gasteiger partial charge in [0.2, 0.25) is 0 Å². The van der Waals surface area contributed by atoms with Crippen LogP contribution in [0.25, 0.3) is 0 Å². The van der Waals surface area contributed by atoms with E-state index in [2.05, 4.69) is 6.92 Å². The van der Waals surface area contributed by atoms with Crippen LogP contribution in [0.2, 0.25) is 0 Å². The fourth-order valence-electron chi connectivity index (χ4n) is 0. The van der Waals surface area contributed by atoms with Crippen LogP contribution >= 0.6 is 11.6 Å². The summed E-state index contributed by atoms with van der Waals surface area (Å²) in [5, 5.41) is 0.356. The van der Waals surface area contributed by atoms with Crippen molar-refractivity contribution in [2.24, 2.45) is 0 Å². The molecular weight excluding hydrogens is 108 g/mol. The summed E-state index contributed by atoms with van der Waals surface area (Å²) in [6, 6.07) is 0. The summed E-state index contributed by atoms with van der Waals surface area (Å²) in [6.07, 6.45) is 1.07.